The van der Waals surface area contributed by atoms with Gasteiger partial charge in [0.25, 0.3) is 5.91 Å². The predicted molar refractivity (Wildman–Crippen MR) is 88.8 cm³/mol. The maximum Gasteiger partial charge on any atom is 0.251 e. The SMILES string of the molecule is CC(CNC(=O)c1ccc(F)cc1)N1CCc2ccccc2C1. The molecule has 2 aromatic carbocycles. The number of nitrogens with one attached hydrogen (secondary N) is 1. The summed E-state index contributed by atoms with van der Waals surface area (Å²) in [5, 5.41) is 2.94. The summed E-state index contributed by atoms with van der Waals surface area (Å²) in [5.41, 5.74) is 3.28. The molecule has 1 heterocycles. The number of nitrogens with zero attached hydrogens (tertiary/aromatic N) is 1. The average molecular weight is 312 g/mol. The molecule has 3 rings (SSSR count). The van der Waals surface area contributed by atoms with Crippen LogP contribution in [0.5, 0.6) is 0 Å². The lowest BCUT2D eigenvalue weighted by Gasteiger charge is -2.33. The third kappa shape index (κ3) is 3.77. The Bertz CT molecular complexity index is 684. The van der Waals surface area contributed by atoms with Crippen molar-refractivity contribution in [2.75, 3.05) is 13.1 Å². The summed E-state index contributed by atoms with van der Waals surface area (Å²) in [4.78, 5) is 14.5. The Balaban J connectivity index is 1.55. The highest BCUT2D eigenvalue weighted by Crippen LogP contribution is 2.20. The van der Waals surface area contributed by atoms with E-state index in [9.17, 15) is 9.18 Å². The zero-order valence-corrected chi connectivity index (χ0v) is 13.3. The summed E-state index contributed by atoms with van der Waals surface area (Å²) in [7, 11) is 0. The van der Waals surface area contributed by atoms with Crippen LogP contribution in [0.15, 0.2) is 48.5 Å². The molecule has 2 aromatic rings. The van der Waals surface area contributed by atoms with Crippen molar-refractivity contribution in [3.63, 3.8) is 0 Å². The Morgan fingerprint density at radius 2 is 1.87 bits per heavy atom. The van der Waals surface area contributed by atoms with Crippen LogP contribution >= 0.6 is 0 Å². The van der Waals surface area contributed by atoms with Crippen molar-refractivity contribution in [3.05, 3.63) is 71.0 Å². The molecule has 0 spiro atoms. The van der Waals surface area contributed by atoms with Crippen LogP contribution in [-0.4, -0.2) is 29.9 Å². The molecule has 1 aliphatic heterocycles. The van der Waals surface area contributed by atoms with Crippen LogP contribution in [0.4, 0.5) is 4.39 Å². The van der Waals surface area contributed by atoms with Gasteiger partial charge in [-0.15, -0.1) is 0 Å². The van der Waals surface area contributed by atoms with E-state index >= 15 is 0 Å². The highest BCUT2D eigenvalue weighted by Gasteiger charge is 2.20. The summed E-state index contributed by atoms with van der Waals surface area (Å²) in [6.45, 7) is 4.63. The number of rotatable bonds is 4. The lowest BCUT2D eigenvalue weighted by molar-refractivity contribution is 0.0932. The van der Waals surface area contributed by atoms with Gasteiger partial charge in [0.15, 0.2) is 0 Å². The lowest BCUT2D eigenvalue weighted by atomic mass is 9.99. The third-order valence-electron chi connectivity index (χ3n) is 4.45. The molecule has 23 heavy (non-hydrogen) atoms. The Morgan fingerprint density at radius 3 is 2.61 bits per heavy atom. The summed E-state index contributed by atoms with van der Waals surface area (Å²) >= 11 is 0. The molecule has 3 nitrogen and oxygen atoms in total. The summed E-state index contributed by atoms with van der Waals surface area (Å²) in [5.74, 6) is -0.490. The zero-order valence-electron chi connectivity index (χ0n) is 13.3. The van der Waals surface area contributed by atoms with E-state index in [0.717, 1.165) is 19.5 Å². The van der Waals surface area contributed by atoms with E-state index in [-0.39, 0.29) is 17.8 Å². The van der Waals surface area contributed by atoms with E-state index in [2.05, 4.69) is 41.4 Å². The van der Waals surface area contributed by atoms with Crippen molar-refractivity contribution in [2.45, 2.75) is 25.9 Å². The minimum absolute atomic E-state index is 0.158. The minimum atomic E-state index is -0.332. The van der Waals surface area contributed by atoms with Crippen molar-refractivity contribution < 1.29 is 9.18 Å². The first-order chi connectivity index (χ1) is 11.1. The Morgan fingerprint density at radius 1 is 1.17 bits per heavy atom. The van der Waals surface area contributed by atoms with Crippen LogP contribution in [-0.2, 0) is 13.0 Å². The molecule has 0 aromatic heterocycles. The van der Waals surface area contributed by atoms with E-state index in [4.69, 9.17) is 0 Å². The van der Waals surface area contributed by atoms with E-state index < -0.39 is 0 Å². The van der Waals surface area contributed by atoms with Gasteiger partial charge in [0.1, 0.15) is 5.82 Å². The van der Waals surface area contributed by atoms with Gasteiger partial charge in [0.05, 0.1) is 0 Å². The first kappa shape index (κ1) is 15.7. The first-order valence-corrected chi connectivity index (χ1v) is 7.98. The van der Waals surface area contributed by atoms with Gasteiger partial charge in [0.2, 0.25) is 0 Å². The maximum atomic E-state index is 12.9. The van der Waals surface area contributed by atoms with Crippen LogP contribution in [0.3, 0.4) is 0 Å². The fourth-order valence-electron chi connectivity index (χ4n) is 2.97. The van der Waals surface area contributed by atoms with Crippen LogP contribution in [0.2, 0.25) is 0 Å². The van der Waals surface area contributed by atoms with Gasteiger partial charge in [-0.2, -0.15) is 0 Å². The molecule has 120 valence electrons. The highest BCUT2D eigenvalue weighted by molar-refractivity contribution is 5.94. The summed E-state index contributed by atoms with van der Waals surface area (Å²) in [6, 6.07) is 14.4. The highest BCUT2D eigenvalue weighted by atomic mass is 19.1. The van der Waals surface area contributed by atoms with Crippen molar-refractivity contribution in [1.29, 1.82) is 0 Å². The number of fused-ring (bicyclic) bond motifs is 1. The maximum absolute atomic E-state index is 12.9. The van der Waals surface area contributed by atoms with Gasteiger partial charge in [-0.05, 0) is 48.7 Å². The van der Waals surface area contributed by atoms with Crippen LogP contribution in [0.1, 0.15) is 28.4 Å². The smallest absolute Gasteiger partial charge is 0.251 e. The normalized spacial score (nSPS) is 15.7. The molecule has 0 bridgehead atoms. The molecule has 1 N–H and O–H groups in total. The minimum Gasteiger partial charge on any atom is -0.350 e. The summed E-state index contributed by atoms with van der Waals surface area (Å²) in [6.07, 6.45) is 1.05. The van der Waals surface area contributed by atoms with Crippen LogP contribution in [0, 0.1) is 5.82 Å². The molecule has 1 aliphatic rings. The lowest BCUT2D eigenvalue weighted by Crippen LogP contribution is -2.44. The molecule has 0 radical (unpaired) electrons. The van der Waals surface area contributed by atoms with Crippen molar-refractivity contribution in [1.82, 2.24) is 10.2 Å². The standard InChI is InChI=1S/C19H21FN2O/c1-14(12-21-19(23)16-6-8-18(20)9-7-16)22-11-10-15-4-2-3-5-17(15)13-22/h2-9,14H,10-13H2,1H3,(H,21,23). The van der Waals surface area contributed by atoms with Gasteiger partial charge >= 0.3 is 0 Å². The molecule has 1 amide bonds. The molecule has 0 aliphatic carbocycles. The number of benzene rings is 2. The molecule has 0 saturated carbocycles. The van der Waals surface area contributed by atoms with E-state index in [1.54, 1.807) is 0 Å². The predicted octanol–water partition coefficient (Wildman–Crippen LogP) is 3.00. The number of hydrogen-bond donors (Lipinski definition) is 1. The number of amides is 1. The fourth-order valence-corrected chi connectivity index (χ4v) is 2.97. The fraction of sp³-hybridized carbons (Fsp3) is 0.316. The second-order valence-corrected chi connectivity index (χ2v) is 6.06. The molecular weight excluding hydrogens is 291 g/mol. The van der Waals surface area contributed by atoms with Crippen molar-refractivity contribution in [3.8, 4) is 0 Å². The monoisotopic (exact) mass is 312 g/mol. The number of carbonyl (C=O) groups is 1. The Hall–Kier alpha value is -2.20. The number of halogens is 1. The molecule has 0 saturated heterocycles. The Labute approximate surface area is 136 Å². The van der Waals surface area contributed by atoms with Crippen molar-refractivity contribution in [2.24, 2.45) is 0 Å². The van der Waals surface area contributed by atoms with Gasteiger partial charge in [0, 0.05) is 31.2 Å². The topological polar surface area (TPSA) is 32.3 Å². The first-order valence-electron chi connectivity index (χ1n) is 7.98. The van der Waals surface area contributed by atoms with E-state index in [0.29, 0.717) is 12.1 Å². The number of carbonyl (C=O) groups excluding carboxylic acids is 1. The van der Waals surface area contributed by atoms with Gasteiger partial charge < -0.3 is 5.32 Å². The van der Waals surface area contributed by atoms with Crippen molar-refractivity contribution >= 4 is 5.91 Å². The van der Waals surface area contributed by atoms with Crippen LogP contribution < -0.4 is 5.32 Å². The van der Waals surface area contributed by atoms with Crippen LogP contribution in [0.25, 0.3) is 0 Å². The molecule has 0 fully saturated rings. The quantitative estimate of drug-likeness (QED) is 0.941. The van der Waals surface area contributed by atoms with E-state index in [1.807, 2.05) is 0 Å². The average Bonchev–Trinajstić information content (AvgIpc) is 2.59. The van der Waals surface area contributed by atoms with E-state index in [1.165, 1.54) is 35.4 Å². The third-order valence-corrected chi connectivity index (χ3v) is 4.45. The van der Waals surface area contributed by atoms with Gasteiger partial charge in [-0.3, -0.25) is 9.69 Å². The largest absolute Gasteiger partial charge is 0.350 e. The molecular formula is C19H21FN2O. The Kier molecular flexibility index (Phi) is 4.72. The van der Waals surface area contributed by atoms with Gasteiger partial charge in [-0.1, -0.05) is 24.3 Å². The zero-order chi connectivity index (χ0) is 16.2. The number of hydrogen-bond acceptors (Lipinski definition) is 2. The summed E-state index contributed by atoms with van der Waals surface area (Å²) < 4.78 is 12.9. The second kappa shape index (κ2) is 6.92. The molecule has 1 unspecified atom stereocenters. The molecule has 1 atom stereocenters. The second-order valence-electron chi connectivity index (χ2n) is 6.06. The molecule has 4 heteroatoms. The van der Waals surface area contributed by atoms with Gasteiger partial charge in [-0.25, -0.2) is 4.39 Å².